The van der Waals surface area contributed by atoms with Crippen LogP contribution in [0.1, 0.15) is 0 Å². The summed E-state index contributed by atoms with van der Waals surface area (Å²) in [7, 11) is 0. The van der Waals surface area contributed by atoms with E-state index >= 15 is 0 Å². The monoisotopic (exact) mass is 224 g/mol. The van der Waals surface area contributed by atoms with E-state index in [9.17, 15) is 14.7 Å². The summed E-state index contributed by atoms with van der Waals surface area (Å²) in [6, 6.07) is 0. The lowest BCUT2D eigenvalue weighted by molar-refractivity contribution is -0.175. The van der Waals surface area contributed by atoms with Crippen LogP contribution in [0.2, 0.25) is 0 Å². The van der Waals surface area contributed by atoms with Crippen molar-refractivity contribution in [3.05, 3.63) is 0 Å². The van der Waals surface area contributed by atoms with Crippen molar-refractivity contribution in [3.63, 3.8) is 0 Å². The van der Waals surface area contributed by atoms with Gasteiger partial charge in [0, 0.05) is 0 Å². The van der Waals surface area contributed by atoms with Gasteiger partial charge in [-0.25, -0.2) is 4.79 Å². The first kappa shape index (κ1) is 13.8. The highest BCUT2D eigenvalue weighted by molar-refractivity contribution is 5.74. The highest BCUT2D eigenvalue weighted by Gasteiger charge is 2.36. The molecule has 0 saturated carbocycles. The Kier molecular flexibility index (Phi) is 5.79. The van der Waals surface area contributed by atoms with Crippen LogP contribution in [-0.2, 0) is 14.3 Å². The summed E-state index contributed by atoms with van der Waals surface area (Å²) < 4.78 is 4.00. The number of carboxylic acids is 1. The van der Waals surface area contributed by atoms with Gasteiger partial charge in [0.05, 0.1) is 6.61 Å². The van der Waals surface area contributed by atoms with Crippen LogP contribution >= 0.6 is 0 Å². The third-order valence-electron chi connectivity index (χ3n) is 1.69. The van der Waals surface area contributed by atoms with Crippen molar-refractivity contribution in [1.82, 2.24) is 0 Å². The van der Waals surface area contributed by atoms with E-state index in [1.807, 2.05) is 0 Å². The summed E-state index contributed by atoms with van der Waals surface area (Å²) in [5.41, 5.74) is 0. The van der Waals surface area contributed by atoms with Crippen molar-refractivity contribution >= 4 is 12.4 Å². The predicted molar refractivity (Wildman–Crippen MR) is 43.7 cm³/mol. The van der Waals surface area contributed by atoms with Crippen LogP contribution in [0.25, 0.3) is 0 Å². The van der Waals surface area contributed by atoms with E-state index in [0.29, 0.717) is 0 Å². The van der Waals surface area contributed by atoms with Crippen LogP contribution in [-0.4, -0.2) is 69.0 Å². The molecule has 0 radical (unpaired) electrons. The molecule has 15 heavy (non-hydrogen) atoms. The number of hydrogen-bond acceptors (Lipinski definition) is 7. The van der Waals surface area contributed by atoms with Crippen molar-refractivity contribution in [2.75, 3.05) is 6.61 Å². The first-order valence-electron chi connectivity index (χ1n) is 3.92. The maximum absolute atomic E-state index is 10.4. The van der Waals surface area contributed by atoms with Crippen LogP contribution in [0.15, 0.2) is 0 Å². The zero-order valence-electron chi connectivity index (χ0n) is 7.55. The van der Waals surface area contributed by atoms with E-state index in [4.69, 9.17) is 20.4 Å². The first-order chi connectivity index (χ1) is 6.95. The van der Waals surface area contributed by atoms with Gasteiger partial charge in [-0.05, 0) is 0 Å². The molecule has 4 atom stereocenters. The summed E-state index contributed by atoms with van der Waals surface area (Å²) in [6.07, 6.45) is -7.69. The van der Waals surface area contributed by atoms with Gasteiger partial charge in [0.25, 0.3) is 6.47 Å². The number of ether oxygens (including phenoxy) is 1. The molecular weight excluding hydrogens is 212 g/mol. The standard InChI is InChI=1S/C7H12O8/c8-1-3(10)4(11)5(12)6(7(13)14)15-2-9/h2-6,8,10-12H,1H2,(H,13,14)/t3-,4-,5+,6-/m1/s1. The second kappa shape index (κ2) is 6.30. The van der Waals surface area contributed by atoms with Crippen LogP contribution < -0.4 is 0 Å². The Hall–Kier alpha value is -1.22. The number of carbonyl (C=O) groups is 2. The molecule has 0 aliphatic carbocycles. The average molecular weight is 224 g/mol. The Morgan fingerprint density at radius 1 is 1.27 bits per heavy atom. The van der Waals surface area contributed by atoms with E-state index < -0.39 is 37.0 Å². The molecule has 0 fully saturated rings. The smallest absolute Gasteiger partial charge is 0.347 e. The van der Waals surface area contributed by atoms with E-state index in [2.05, 4.69) is 4.74 Å². The highest BCUT2D eigenvalue weighted by Crippen LogP contribution is 2.07. The molecule has 0 saturated heterocycles. The molecule has 0 unspecified atom stereocenters. The summed E-state index contributed by atoms with van der Waals surface area (Å²) in [6.45, 7) is -1.08. The molecule has 0 aliphatic heterocycles. The lowest BCUT2D eigenvalue weighted by atomic mass is 10.0. The predicted octanol–water partition coefficient (Wildman–Crippen LogP) is -3.31. The summed E-state index contributed by atoms with van der Waals surface area (Å²) in [5.74, 6) is -1.68. The minimum Gasteiger partial charge on any atom is -0.478 e. The third-order valence-corrected chi connectivity index (χ3v) is 1.69. The van der Waals surface area contributed by atoms with Gasteiger partial charge in [0.1, 0.15) is 18.3 Å². The lowest BCUT2D eigenvalue weighted by Gasteiger charge is -2.24. The van der Waals surface area contributed by atoms with Crippen LogP contribution in [0.3, 0.4) is 0 Å². The van der Waals surface area contributed by atoms with Gasteiger partial charge in [-0.15, -0.1) is 0 Å². The summed E-state index contributed by atoms with van der Waals surface area (Å²) in [5, 5.41) is 44.1. The number of carboxylic acid groups (broad SMARTS) is 1. The van der Waals surface area contributed by atoms with E-state index in [-0.39, 0.29) is 6.47 Å². The zero-order chi connectivity index (χ0) is 12.0. The maximum atomic E-state index is 10.4. The highest BCUT2D eigenvalue weighted by atomic mass is 16.6. The van der Waals surface area contributed by atoms with Gasteiger partial charge >= 0.3 is 5.97 Å². The summed E-state index contributed by atoms with van der Waals surface area (Å²) in [4.78, 5) is 20.3. The van der Waals surface area contributed by atoms with Crippen molar-refractivity contribution in [1.29, 1.82) is 0 Å². The van der Waals surface area contributed by atoms with Gasteiger partial charge in [-0.3, -0.25) is 4.79 Å². The largest absolute Gasteiger partial charge is 0.478 e. The molecule has 0 bridgehead atoms. The molecule has 0 aromatic rings. The van der Waals surface area contributed by atoms with Gasteiger partial charge < -0.3 is 30.3 Å². The van der Waals surface area contributed by atoms with Crippen molar-refractivity contribution in [2.45, 2.75) is 24.4 Å². The second-order valence-corrected chi connectivity index (χ2v) is 2.72. The van der Waals surface area contributed by atoms with Crippen LogP contribution in [0.4, 0.5) is 0 Å². The van der Waals surface area contributed by atoms with E-state index in [1.54, 1.807) is 0 Å². The number of rotatable bonds is 7. The number of aliphatic hydroxyl groups is 4. The fraction of sp³-hybridized carbons (Fsp3) is 0.714. The zero-order valence-corrected chi connectivity index (χ0v) is 7.55. The molecule has 88 valence electrons. The van der Waals surface area contributed by atoms with Crippen LogP contribution in [0, 0.1) is 0 Å². The molecule has 0 amide bonds. The summed E-state index contributed by atoms with van der Waals surface area (Å²) >= 11 is 0. The van der Waals surface area contributed by atoms with Crippen LogP contribution in [0.5, 0.6) is 0 Å². The number of hydrogen-bond donors (Lipinski definition) is 5. The number of aliphatic hydroxyl groups excluding tert-OH is 4. The lowest BCUT2D eigenvalue weighted by Crippen LogP contribution is -2.49. The molecule has 0 aliphatic rings. The number of carbonyl (C=O) groups excluding carboxylic acids is 1. The second-order valence-electron chi connectivity index (χ2n) is 2.72. The molecule has 0 heterocycles. The fourth-order valence-corrected chi connectivity index (χ4v) is 0.859. The topological polar surface area (TPSA) is 145 Å². The average Bonchev–Trinajstić information content (AvgIpc) is 2.22. The minimum absolute atomic E-state index is 0.208. The van der Waals surface area contributed by atoms with Gasteiger partial charge in [-0.1, -0.05) is 0 Å². The van der Waals surface area contributed by atoms with Gasteiger partial charge in [0.15, 0.2) is 0 Å². The molecule has 5 N–H and O–H groups in total. The fourth-order valence-electron chi connectivity index (χ4n) is 0.859. The molecule has 0 aromatic carbocycles. The Morgan fingerprint density at radius 3 is 2.13 bits per heavy atom. The number of aliphatic carboxylic acids is 1. The first-order valence-corrected chi connectivity index (χ1v) is 3.92. The minimum atomic E-state index is -2.03. The van der Waals surface area contributed by atoms with Crippen molar-refractivity contribution < 1.29 is 39.9 Å². The van der Waals surface area contributed by atoms with Crippen molar-refractivity contribution in [3.8, 4) is 0 Å². The normalized spacial score (nSPS) is 18.7. The molecule has 0 spiro atoms. The molecular formula is C7H12O8. The SMILES string of the molecule is O=CO[C@@H](C(=O)O)[C@@H](O)[C@H](O)[C@H](O)CO. The third kappa shape index (κ3) is 3.80. The quantitative estimate of drug-likeness (QED) is 0.282. The molecule has 8 heteroatoms. The van der Waals surface area contributed by atoms with Gasteiger partial charge in [-0.2, -0.15) is 0 Å². The molecule has 0 aromatic heterocycles. The van der Waals surface area contributed by atoms with Crippen molar-refractivity contribution in [2.24, 2.45) is 0 Å². The van der Waals surface area contributed by atoms with E-state index in [0.717, 1.165) is 0 Å². The van der Waals surface area contributed by atoms with E-state index in [1.165, 1.54) is 0 Å². The Morgan fingerprint density at radius 2 is 1.80 bits per heavy atom. The molecule has 0 rings (SSSR count). The Labute approximate surface area is 84.3 Å². The van der Waals surface area contributed by atoms with Gasteiger partial charge in [0.2, 0.25) is 6.10 Å². The maximum Gasteiger partial charge on any atom is 0.347 e. The Bertz CT molecular complexity index is 217. The Balaban J connectivity index is 4.54. The molecule has 8 nitrogen and oxygen atoms in total.